The molecular formula is C18H15Cl2N3O3S2. The lowest BCUT2D eigenvalue weighted by Gasteiger charge is -2.06. The predicted molar refractivity (Wildman–Crippen MR) is 110 cm³/mol. The van der Waals surface area contributed by atoms with E-state index in [4.69, 9.17) is 23.2 Å². The van der Waals surface area contributed by atoms with E-state index in [1.54, 1.807) is 41.9 Å². The summed E-state index contributed by atoms with van der Waals surface area (Å²) in [4.78, 5) is 12.6. The Bertz CT molecular complexity index is 1120. The number of hydrogen-bond donors (Lipinski definition) is 0. The van der Waals surface area contributed by atoms with Crippen molar-refractivity contribution in [1.29, 1.82) is 0 Å². The summed E-state index contributed by atoms with van der Waals surface area (Å²) in [5, 5.41) is 9.14. The Morgan fingerprint density at radius 3 is 2.50 bits per heavy atom. The highest BCUT2D eigenvalue weighted by atomic mass is 35.5. The van der Waals surface area contributed by atoms with Crippen LogP contribution in [0.15, 0.2) is 58.6 Å². The maximum Gasteiger partial charge on any atom is 0.191 e. The number of Topliss-reactive ketones (excluding diaryl/α,β-unsaturated/α-hetero) is 1. The number of ketones is 1. The van der Waals surface area contributed by atoms with Crippen molar-refractivity contribution in [2.75, 3.05) is 5.75 Å². The molecule has 1 aromatic heterocycles. The molecule has 0 aliphatic carbocycles. The minimum Gasteiger partial charge on any atom is -0.308 e. The van der Waals surface area contributed by atoms with Crippen LogP contribution in [0.5, 0.6) is 0 Å². The van der Waals surface area contributed by atoms with Gasteiger partial charge >= 0.3 is 0 Å². The number of halogens is 2. The van der Waals surface area contributed by atoms with Crippen molar-refractivity contribution in [3.05, 3.63) is 70.0 Å². The SMILES string of the molecule is Cn1c(CS(=O)(=O)c2ccccc2)nnc1SCC(=O)c1ccc(Cl)cc1Cl. The standard InChI is InChI=1S/C18H15Cl2N3O3S2/c1-23-17(11-28(25,26)13-5-3-2-4-6-13)21-22-18(23)27-10-16(24)14-8-7-12(19)9-15(14)20/h2-9H,10-11H2,1H3. The zero-order chi connectivity index (χ0) is 20.3. The zero-order valence-corrected chi connectivity index (χ0v) is 17.8. The van der Waals surface area contributed by atoms with E-state index in [0.29, 0.717) is 21.6 Å². The van der Waals surface area contributed by atoms with Crippen LogP contribution in [0.3, 0.4) is 0 Å². The van der Waals surface area contributed by atoms with Gasteiger partial charge in [-0.25, -0.2) is 8.42 Å². The number of carbonyl (C=O) groups excluding carboxylic acids is 1. The fourth-order valence-electron chi connectivity index (χ4n) is 2.40. The van der Waals surface area contributed by atoms with Crippen molar-refractivity contribution in [2.45, 2.75) is 15.8 Å². The molecule has 0 saturated carbocycles. The maximum atomic E-state index is 12.5. The molecule has 28 heavy (non-hydrogen) atoms. The van der Waals surface area contributed by atoms with Crippen molar-refractivity contribution in [3.8, 4) is 0 Å². The van der Waals surface area contributed by atoms with Gasteiger partial charge < -0.3 is 4.57 Å². The lowest BCUT2D eigenvalue weighted by molar-refractivity contribution is 0.102. The number of benzene rings is 2. The molecular weight excluding hydrogens is 441 g/mol. The van der Waals surface area contributed by atoms with Gasteiger partial charge in [0.1, 0.15) is 11.6 Å². The van der Waals surface area contributed by atoms with E-state index in [-0.39, 0.29) is 27.2 Å². The molecule has 1 heterocycles. The molecule has 0 atom stereocenters. The molecule has 0 amide bonds. The number of nitrogens with zero attached hydrogens (tertiary/aromatic N) is 3. The Hall–Kier alpha value is -1.87. The average molecular weight is 456 g/mol. The monoisotopic (exact) mass is 455 g/mol. The molecule has 0 bridgehead atoms. The van der Waals surface area contributed by atoms with E-state index in [9.17, 15) is 13.2 Å². The number of hydrogen-bond acceptors (Lipinski definition) is 6. The lowest BCUT2D eigenvalue weighted by Crippen LogP contribution is -2.10. The molecule has 2 aromatic carbocycles. The largest absolute Gasteiger partial charge is 0.308 e. The van der Waals surface area contributed by atoms with Gasteiger partial charge in [0.25, 0.3) is 0 Å². The second-order valence-electron chi connectivity index (χ2n) is 5.87. The molecule has 0 saturated heterocycles. The third-order valence-electron chi connectivity index (χ3n) is 3.91. The van der Waals surface area contributed by atoms with Crippen molar-refractivity contribution in [2.24, 2.45) is 7.05 Å². The molecule has 0 aliphatic rings. The van der Waals surface area contributed by atoms with Crippen molar-refractivity contribution >= 4 is 50.6 Å². The molecule has 3 aromatic rings. The van der Waals surface area contributed by atoms with E-state index in [0.717, 1.165) is 11.8 Å². The van der Waals surface area contributed by atoms with Gasteiger partial charge in [-0.05, 0) is 30.3 Å². The summed E-state index contributed by atoms with van der Waals surface area (Å²) in [6, 6.07) is 12.8. The van der Waals surface area contributed by atoms with E-state index >= 15 is 0 Å². The van der Waals surface area contributed by atoms with Gasteiger partial charge in [-0.1, -0.05) is 53.2 Å². The first-order valence-corrected chi connectivity index (χ1v) is 11.4. The van der Waals surface area contributed by atoms with Crippen LogP contribution in [0.1, 0.15) is 16.2 Å². The van der Waals surface area contributed by atoms with Crippen LogP contribution in [0.25, 0.3) is 0 Å². The summed E-state index contributed by atoms with van der Waals surface area (Å²) in [6.45, 7) is 0. The minimum atomic E-state index is -3.54. The van der Waals surface area contributed by atoms with E-state index in [1.807, 2.05) is 0 Å². The highest BCUT2D eigenvalue weighted by molar-refractivity contribution is 7.99. The molecule has 146 valence electrons. The van der Waals surface area contributed by atoms with Crippen LogP contribution in [0, 0.1) is 0 Å². The molecule has 6 nitrogen and oxygen atoms in total. The second-order valence-corrected chi connectivity index (χ2v) is 9.64. The van der Waals surface area contributed by atoms with Gasteiger partial charge in [0.15, 0.2) is 20.8 Å². The van der Waals surface area contributed by atoms with Crippen LogP contribution in [0.2, 0.25) is 10.0 Å². The predicted octanol–water partition coefficient (Wildman–Crippen LogP) is 4.07. The van der Waals surface area contributed by atoms with Gasteiger partial charge in [-0.2, -0.15) is 0 Å². The van der Waals surface area contributed by atoms with Gasteiger partial charge in [0.2, 0.25) is 0 Å². The first-order chi connectivity index (χ1) is 13.3. The zero-order valence-electron chi connectivity index (χ0n) is 14.7. The normalized spacial score (nSPS) is 11.5. The Labute approximate surface area is 176 Å². The lowest BCUT2D eigenvalue weighted by atomic mass is 10.1. The van der Waals surface area contributed by atoms with Crippen LogP contribution < -0.4 is 0 Å². The average Bonchev–Trinajstić information content (AvgIpc) is 2.99. The van der Waals surface area contributed by atoms with Gasteiger partial charge in [-0.15, -0.1) is 10.2 Å². The molecule has 0 fully saturated rings. The third-order valence-corrected chi connectivity index (χ3v) is 7.11. The minimum absolute atomic E-state index is 0.0821. The summed E-state index contributed by atoms with van der Waals surface area (Å²) in [7, 11) is -1.87. The molecule has 10 heteroatoms. The van der Waals surface area contributed by atoms with E-state index in [1.165, 1.54) is 18.2 Å². The highest BCUT2D eigenvalue weighted by Gasteiger charge is 2.21. The molecule has 0 N–H and O–H groups in total. The van der Waals surface area contributed by atoms with Crippen LogP contribution in [-0.4, -0.2) is 34.7 Å². The number of sulfone groups is 1. The third kappa shape index (κ3) is 4.75. The van der Waals surface area contributed by atoms with E-state index < -0.39 is 9.84 Å². The summed E-state index contributed by atoms with van der Waals surface area (Å²) < 4.78 is 26.6. The van der Waals surface area contributed by atoms with Crippen LogP contribution >= 0.6 is 35.0 Å². The topological polar surface area (TPSA) is 81.9 Å². The summed E-state index contributed by atoms with van der Waals surface area (Å²) >= 11 is 13.1. The molecule has 0 unspecified atom stereocenters. The Kier molecular flexibility index (Phi) is 6.44. The number of carbonyl (C=O) groups is 1. The quantitative estimate of drug-likeness (QED) is 0.394. The Balaban J connectivity index is 1.70. The smallest absolute Gasteiger partial charge is 0.191 e. The molecule has 0 radical (unpaired) electrons. The number of rotatable bonds is 7. The summed E-state index contributed by atoms with van der Waals surface area (Å²) in [6.07, 6.45) is 0. The molecule has 0 spiro atoms. The number of aromatic nitrogens is 3. The fraction of sp³-hybridized carbons (Fsp3) is 0.167. The van der Waals surface area contributed by atoms with Crippen molar-refractivity contribution in [1.82, 2.24) is 14.8 Å². The Morgan fingerprint density at radius 1 is 1.11 bits per heavy atom. The van der Waals surface area contributed by atoms with E-state index in [2.05, 4.69) is 10.2 Å². The molecule has 0 aliphatic heterocycles. The van der Waals surface area contributed by atoms with Crippen molar-refractivity contribution in [3.63, 3.8) is 0 Å². The maximum absolute atomic E-state index is 12.5. The van der Waals surface area contributed by atoms with Gasteiger partial charge in [0, 0.05) is 17.6 Å². The number of thioether (sulfide) groups is 1. The Morgan fingerprint density at radius 2 is 1.82 bits per heavy atom. The summed E-state index contributed by atoms with van der Waals surface area (Å²) in [5.41, 5.74) is 0.368. The molecule has 3 rings (SSSR count). The van der Waals surface area contributed by atoms with Crippen molar-refractivity contribution < 1.29 is 13.2 Å². The fourth-order valence-corrected chi connectivity index (χ4v) is 5.06. The first-order valence-electron chi connectivity index (χ1n) is 8.05. The highest BCUT2D eigenvalue weighted by Crippen LogP contribution is 2.25. The first kappa shape index (κ1) is 20.9. The van der Waals surface area contributed by atoms with Gasteiger partial charge in [-0.3, -0.25) is 4.79 Å². The second kappa shape index (κ2) is 8.65. The van der Waals surface area contributed by atoms with Crippen LogP contribution in [-0.2, 0) is 22.6 Å². The van der Waals surface area contributed by atoms with Crippen LogP contribution in [0.4, 0.5) is 0 Å². The van der Waals surface area contributed by atoms with Gasteiger partial charge in [0.05, 0.1) is 15.7 Å². The summed E-state index contributed by atoms with van der Waals surface area (Å²) in [5.74, 6) is -0.0898.